The van der Waals surface area contributed by atoms with Crippen LogP contribution in [0.2, 0.25) is 5.02 Å². The molecule has 0 spiro atoms. The number of nitrogens with zero attached hydrogens (tertiary/aromatic N) is 2. The van der Waals surface area contributed by atoms with Crippen molar-refractivity contribution in [2.45, 2.75) is 13.3 Å². The monoisotopic (exact) mass is 398 g/mol. The highest BCUT2D eigenvalue weighted by Gasteiger charge is 2.06. The molecule has 146 valence electrons. The van der Waals surface area contributed by atoms with E-state index in [-0.39, 0.29) is 0 Å². The van der Waals surface area contributed by atoms with Crippen molar-refractivity contribution < 1.29 is 9.47 Å². The van der Waals surface area contributed by atoms with E-state index >= 15 is 0 Å². The van der Waals surface area contributed by atoms with Crippen LogP contribution < -0.4 is 20.1 Å². The van der Waals surface area contributed by atoms with Crippen molar-refractivity contribution >= 4 is 28.9 Å². The highest BCUT2D eigenvalue weighted by molar-refractivity contribution is 6.31. The summed E-state index contributed by atoms with van der Waals surface area (Å²) in [4.78, 5) is 8.56. The van der Waals surface area contributed by atoms with Gasteiger partial charge in [0.05, 0.1) is 14.2 Å². The average molecular weight is 399 g/mol. The van der Waals surface area contributed by atoms with Crippen LogP contribution in [-0.2, 0) is 6.42 Å². The molecular weight excluding hydrogens is 376 g/mol. The molecule has 6 nitrogen and oxygen atoms in total. The summed E-state index contributed by atoms with van der Waals surface area (Å²) >= 11 is 6.18. The minimum absolute atomic E-state index is 0.703. The van der Waals surface area contributed by atoms with Crippen LogP contribution in [0.5, 0.6) is 11.5 Å². The first kappa shape index (κ1) is 19.8. The van der Waals surface area contributed by atoms with Crippen molar-refractivity contribution in [1.29, 1.82) is 0 Å². The Morgan fingerprint density at radius 2 is 1.75 bits per heavy atom. The molecule has 7 heteroatoms. The molecule has 0 bridgehead atoms. The molecule has 0 saturated heterocycles. The normalized spacial score (nSPS) is 10.4. The maximum atomic E-state index is 6.18. The Morgan fingerprint density at radius 3 is 2.54 bits per heavy atom. The van der Waals surface area contributed by atoms with Gasteiger partial charge in [-0.25, -0.2) is 9.97 Å². The summed E-state index contributed by atoms with van der Waals surface area (Å²) in [6.07, 6.45) is 2.35. The molecule has 0 fully saturated rings. The van der Waals surface area contributed by atoms with Gasteiger partial charge in [0.2, 0.25) is 0 Å². The van der Waals surface area contributed by atoms with Crippen LogP contribution in [0, 0.1) is 6.92 Å². The maximum Gasteiger partial charge on any atom is 0.160 e. The number of nitrogens with one attached hydrogen (secondary N) is 2. The molecule has 0 amide bonds. The Morgan fingerprint density at radius 1 is 0.964 bits per heavy atom. The van der Waals surface area contributed by atoms with E-state index in [1.165, 1.54) is 6.33 Å². The lowest BCUT2D eigenvalue weighted by Gasteiger charge is -2.12. The van der Waals surface area contributed by atoms with E-state index in [0.29, 0.717) is 10.8 Å². The fourth-order valence-corrected chi connectivity index (χ4v) is 2.95. The zero-order valence-corrected chi connectivity index (χ0v) is 16.9. The number of anilines is 3. The topological polar surface area (TPSA) is 68.3 Å². The predicted octanol–water partition coefficient (Wildman–Crippen LogP) is 4.85. The minimum Gasteiger partial charge on any atom is -0.493 e. The minimum atomic E-state index is 0.703. The van der Waals surface area contributed by atoms with Crippen molar-refractivity contribution in [3.63, 3.8) is 0 Å². The molecule has 1 heterocycles. The molecule has 0 saturated carbocycles. The lowest BCUT2D eigenvalue weighted by atomic mass is 10.1. The van der Waals surface area contributed by atoms with E-state index in [9.17, 15) is 0 Å². The van der Waals surface area contributed by atoms with Crippen LogP contribution in [0.1, 0.15) is 11.1 Å². The third-order valence-corrected chi connectivity index (χ3v) is 4.77. The maximum absolute atomic E-state index is 6.18. The van der Waals surface area contributed by atoms with Crippen molar-refractivity contribution in [2.75, 3.05) is 31.4 Å². The summed E-state index contributed by atoms with van der Waals surface area (Å²) < 4.78 is 10.6. The molecule has 3 rings (SSSR count). The highest BCUT2D eigenvalue weighted by Crippen LogP contribution is 2.28. The SMILES string of the molecule is COc1ccc(CCNc2cc(Nc3cccc(Cl)c3C)ncn2)cc1OC. The first-order valence-electron chi connectivity index (χ1n) is 8.89. The number of benzene rings is 2. The molecule has 0 aliphatic rings. The van der Waals surface area contributed by atoms with E-state index in [2.05, 4.69) is 20.6 Å². The zero-order valence-electron chi connectivity index (χ0n) is 16.1. The Balaban J connectivity index is 1.61. The van der Waals surface area contributed by atoms with Crippen molar-refractivity contribution in [2.24, 2.45) is 0 Å². The van der Waals surface area contributed by atoms with Crippen molar-refractivity contribution in [3.8, 4) is 11.5 Å². The Labute approximate surface area is 169 Å². The molecule has 0 aliphatic carbocycles. The van der Waals surface area contributed by atoms with Gasteiger partial charge in [0.15, 0.2) is 11.5 Å². The van der Waals surface area contributed by atoms with Gasteiger partial charge in [0.25, 0.3) is 0 Å². The average Bonchev–Trinajstić information content (AvgIpc) is 2.71. The summed E-state index contributed by atoms with van der Waals surface area (Å²) in [6, 6.07) is 13.5. The Kier molecular flexibility index (Phi) is 6.55. The second-order valence-electron chi connectivity index (χ2n) is 6.19. The standard InChI is InChI=1S/C21H23ClN4O2/c1-14-16(22)5-4-6-17(14)26-21-12-20(24-13-25-21)23-10-9-15-7-8-18(27-2)19(11-15)28-3/h4-8,11-13H,9-10H2,1-3H3,(H2,23,24,25,26). The van der Waals surface area contributed by atoms with Gasteiger partial charge in [-0.2, -0.15) is 0 Å². The van der Waals surface area contributed by atoms with E-state index in [1.807, 2.05) is 49.4 Å². The molecular formula is C21H23ClN4O2. The van der Waals surface area contributed by atoms with Crippen molar-refractivity contribution in [1.82, 2.24) is 9.97 Å². The number of halogens is 1. The lowest BCUT2D eigenvalue weighted by Crippen LogP contribution is -2.07. The van der Waals surface area contributed by atoms with Gasteiger partial charge in [-0.15, -0.1) is 0 Å². The third-order valence-electron chi connectivity index (χ3n) is 4.37. The van der Waals surface area contributed by atoms with Crippen LogP contribution in [0.4, 0.5) is 17.3 Å². The van der Waals surface area contributed by atoms with Gasteiger partial charge in [-0.3, -0.25) is 0 Å². The first-order valence-corrected chi connectivity index (χ1v) is 9.27. The summed E-state index contributed by atoms with van der Waals surface area (Å²) in [6.45, 7) is 2.69. The fourth-order valence-electron chi connectivity index (χ4n) is 2.77. The van der Waals surface area contributed by atoms with Gasteiger partial charge in [-0.1, -0.05) is 23.7 Å². The highest BCUT2D eigenvalue weighted by atomic mass is 35.5. The van der Waals surface area contributed by atoms with Crippen LogP contribution >= 0.6 is 11.6 Å². The van der Waals surface area contributed by atoms with Gasteiger partial charge in [0, 0.05) is 23.3 Å². The van der Waals surface area contributed by atoms with Crippen LogP contribution in [-0.4, -0.2) is 30.7 Å². The molecule has 0 unspecified atom stereocenters. The van der Waals surface area contributed by atoms with Gasteiger partial charge < -0.3 is 20.1 Å². The van der Waals surface area contributed by atoms with E-state index in [1.54, 1.807) is 14.2 Å². The van der Waals surface area contributed by atoms with Gasteiger partial charge in [-0.05, 0) is 48.7 Å². The molecule has 1 aromatic heterocycles. The number of hydrogen-bond acceptors (Lipinski definition) is 6. The first-order chi connectivity index (χ1) is 13.6. The molecule has 28 heavy (non-hydrogen) atoms. The number of hydrogen-bond donors (Lipinski definition) is 2. The number of rotatable bonds is 8. The summed E-state index contributed by atoms with van der Waals surface area (Å²) in [7, 11) is 3.27. The smallest absolute Gasteiger partial charge is 0.160 e. The van der Waals surface area contributed by atoms with Gasteiger partial charge in [0.1, 0.15) is 18.0 Å². The van der Waals surface area contributed by atoms with Gasteiger partial charge >= 0.3 is 0 Å². The summed E-state index contributed by atoms with van der Waals surface area (Å²) in [5.41, 5.74) is 3.04. The van der Waals surface area contributed by atoms with Crippen LogP contribution in [0.25, 0.3) is 0 Å². The third kappa shape index (κ3) is 4.84. The summed E-state index contributed by atoms with van der Waals surface area (Å²) in [5.74, 6) is 2.90. The molecule has 0 aliphatic heterocycles. The zero-order chi connectivity index (χ0) is 19.9. The second-order valence-corrected chi connectivity index (χ2v) is 6.60. The molecule has 2 N–H and O–H groups in total. The lowest BCUT2D eigenvalue weighted by molar-refractivity contribution is 0.354. The number of aromatic nitrogens is 2. The Bertz CT molecular complexity index is 949. The number of ether oxygens (including phenoxy) is 2. The summed E-state index contributed by atoms with van der Waals surface area (Å²) in [5, 5.41) is 7.32. The largest absolute Gasteiger partial charge is 0.493 e. The predicted molar refractivity (Wildman–Crippen MR) is 113 cm³/mol. The molecule has 0 radical (unpaired) electrons. The fraction of sp³-hybridized carbons (Fsp3) is 0.238. The van der Waals surface area contributed by atoms with Crippen molar-refractivity contribution in [3.05, 3.63) is 64.9 Å². The van der Waals surface area contributed by atoms with E-state index < -0.39 is 0 Å². The molecule has 3 aromatic rings. The number of methoxy groups -OCH3 is 2. The second kappa shape index (κ2) is 9.28. The van der Waals surface area contributed by atoms with Crippen LogP contribution in [0.3, 0.4) is 0 Å². The van der Waals surface area contributed by atoms with E-state index in [0.717, 1.165) is 47.1 Å². The van der Waals surface area contributed by atoms with E-state index in [4.69, 9.17) is 21.1 Å². The quantitative estimate of drug-likeness (QED) is 0.565. The molecule has 2 aromatic carbocycles. The van der Waals surface area contributed by atoms with Crippen LogP contribution in [0.15, 0.2) is 48.8 Å². The molecule has 0 atom stereocenters. The Hall–Kier alpha value is -2.99.